The van der Waals surface area contributed by atoms with E-state index in [2.05, 4.69) is 5.32 Å². The van der Waals surface area contributed by atoms with Gasteiger partial charge < -0.3 is 15.8 Å². The molecule has 3 N–H and O–H groups in total. The maximum Gasteiger partial charge on any atom is 0.240 e. The third-order valence-corrected chi connectivity index (χ3v) is 3.20. The SMILES string of the molecule is COc1ccc([C@H](C)NC(=O)C2(N)CC2)cc1. The molecule has 0 bridgehead atoms. The zero-order valence-corrected chi connectivity index (χ0v) is 10.2. The summed E-state index contributed by atoms with van der Waals surface area (Å²) in [5.74, 6) is 0.755. The molecule has 1 aromatic rings. The third-order valence-electron chi connectivity index (χ3n) is 3.20. The Morgan fingerprint density at radius 1 is 1.41 bits per heavy atom. The van der Waals surface area contributed by atoms with Gasteiger partial charge in [0.1, 0.15) is 5.75 Å². The maximum atomic E-state index is 11.8. The number of nitrogens with one attached hydrogen (secondary N) is 1. The summed E-state index contributed by atoms with van der Waals surface area (Å²) in [5, 5.41) is 2.93. The van der Waals surface area contributed by atoms with Crippen molar-refractivity contribution < 1.29 is 9.53 Å². The summed E-state index contributed by atoms with van der Waals surface area (Å²) in [5.41, 5.74) is 6.26. The van der Waals surface area contributed by atoms with Crippen LogP contribution in [0.4, 0.5) is 0 Å². The van der Waals surface area contributed by atoms with Crippen LogP contribution in [-0.2, 0) is 4.79 Å². The molecule has 4 nitrogen and oxygen atoms in total. The minimum absolute atomic E-state index is 0.0329. The first-order valence-electron chi connectivity index (χ1n) is 5.79. The largest absolute Gasteiger partial charge is 0.497 e. The Bertz CT molecular complexity index is 410. The van der Waals surface area contributed by atoms with E-state index < -0.39 is 5.54 Å². The first kappa shape index (κ1) is 11.9. The van der Waals surface area contributed by atoms with Crippen LogP contribution in [0.1, 0.15) is 31.4 Å². The molecule has 2 rings (SSSR count). The van der Waals surface area contributed by atoms with Crippen molar-refractivity contribution >= 4 is 5.91 Å². The Morgan fingerprint density at radius 3 is 2.47 bits per heavy atom. The fourth-order valence-electron chi connectivity index (χ4n) is 1.68. The standard InChI is InChI=1S/C13H18N2O2/c1-9(15-12(16)13(14)7-8-13)10-3-5-11(17-2)6-4-10/h3-6,9H,7-8,14H2,1-2H3,(H,15,16)/t9-/m0/s1. The van der Waals surface area contributed by atoms with Gasteiger partial charge in [0.15, 0.2) is 0 Å². The molecule has 0 aliphatic heterocycles. The van der Waals surface area contributed by atoms with Crippen molar-refractivity contribution in [3.8, 4) is 5.75 Å². The van der Waals surface area contributed by atoms with E-state index in [9.17, 15) is 4.79 Å². The van der Waals surface area contributed by atoms with Gasteiger partial charge in [-0.3, -0.25) is 4.79 Å². The van der Waals surface area contributed by atoms with E-state index in [0.29, 0.717) is 0 Å². The molecule has 0 unspecified atom stereocenters. The zero-order chi connectivity index (χ0) is 12.5. The number of hydrogen-bond donors (Lipinski definition) is 2. The molecule has 1 atom stereocenters. The highest BCUT2D eigenvalue weighted by Gasteiger charge is 2.46. The van der Waals surface area contributed by atoms with Crippen molar-refractivity contribution in [1.82, 2.24) is 5.32 Å². The molecule has 0 aromatic heterocycles. The molecule has 0 spiro atoms. The van der Waals surface area contributed by atoms with E-state index >= 15 is 0 Å². The summed E-state index contributed by atoms with van der Waals surface area (Å²) >= 11 is 0. The molecule has 4 heteroatoms. The van der Waals surface area contributed by atoms with Gasteiger partial charge in [-0.1, -0.05) is 12.1 Å². The Hall–Kier alpha value is -1.55. The molecule has 1 amide bonds. The molecule has 1 aliphatic rings. The molecule has 0 saturated heterocycles. The topological polar surface area (TPSA) is 64.3 Å². The number of carbonyl (C=O) groups excluding carboxylic acids is 1. The highest BCUT2D eigenvalue weighted by molar-refractivity contribution is 5.89. The Labute approximate surface area is 101 Å². The monoisotopic (exact) mass is 234 g/mol. The van der Waals surface area contributed by atoms with Crippen LogP contribution in [-0.4, -0.2) is 18.6 Å². The number of amides is 1. The van der Waals surface area contributed by atoms with Crippen LogP contribution in [0.2, 0.25) is 0 Å². The number of ether oxygens (including phenoxy) is 1. The number of carbonyl (C=O) groups is 1. The summed E-state index contributed by atoms with van der Waals surface area (Å²) in [6.45, 7) is 1.95. The summed E-state index contributed by atoms with van der Waals surface area (Å²) < 4.78 is 5.09. The van der Waals surface area contributed by atoms with Crippen LogP contribution >= 0.6 is 0 Å². The lowest BCUT2D eigenvalue weighted by Gasteiger charge is -2.17. The van der Waals surface area contributed by atoms with Crippen molar-refractivity contribution in [2.24, 2.45) is 5.73 Å². The van der Waals surface area contributed by atoms with Gasteiger partial charge in [-0.2, -0.15) is 0 Å². The van der Waals surface area contributed by atoms with Crippen molar-refractivity contribution in [1.29, 1.82) is 0 Å². The second-order valence-electron chi connectivity index (χ2n) is 4.62. The second-order valence-corrected chi connectivity index (χ2v) is 4.62. The number of rotatable bonds is 4. The number of hydrogen-bond acceptors (Lipinski definition) is 3. The predicted molar refractivity (Wildman–Crippen MR) is 65.7 cm³/mol. The van der Waals surface area contributed by atoms with Crippen molar-refractivity contribution in [2.75, 3.05) is 7.11 Å². The van der Waals surface area contributed by atoms with E-state index in [1.807, 2.05) is 31.2 Å². The van der Waals surface area contributed by atoms with E-state index in [4.69, 9.17) is 10.5 Å². The summed E-state index contributed by atoms with van der Waals surface area (Å²) in [6.07, 6.45) is 1.57. The van der Waals surface area contributed by atoms with Crippen LogP contribution in [0.25, 0.3) is 0 Å². The zero-order valence-electron chi connectivity index (χ0n) is 10.2. The first-order chi connectivity index (χ1) is 8.05. The molecule has 1 aromatic carbocycles. The second kappa shape index (κ2) is 4.37. The van der Waals surface area contributed by atoms with Gasteiger partial charge in [-0.05, 0) is 37.5 Å². The fraction of sp³-hybridized carbons (Fsp3) is 0.462. The van der Waals surface area contributed by atoms with Crippen LogP contribution in [0.15, 0.2) is 24.3 Å². The summed E-state index contributed by atoms with van der Waals surface area (Å²) in [4.78, 5) is 11.8. The molecule has 1 aliphatic carbocycles. The average molecular weight is 234 g/mol. The molecule has 92 valence electrons. The van der Waals surface area contributed by atoms with E-state index in [0.717, 1.165) is 24.2 Å². The van der Waals surface area contributed by atoms with Crippen LogP contribution in [0.5, 0.6) is 5.75 Å². The van der Waals surface area contributed by atoms with Gasteiger partial charge in [0, 0.05) is 0 Å². The van der Waals surface area contributed by atoms with Gasteiger partial charge in [-0.15, -0.1) is 0 Å². The molecule has 0 heterocycles. The van der Waals surface area contributed by atoms with Gasteiger partial charge >= 0.3 is 0 Å². The highest BCUT2D eigenvalue weighted by Crippen LogP contribution is 2.33. The number of benzene rings is 1. The van der Waals surface area contributed by atoms with Crippen molar-refractivity contribution in [3.05, 3.63) is 29.8 Å². The third kappa shape index (κ3) is 2.58. The fourth-order valence-corrected chi connectivity index (χ4v) is 1.68. The van der Waals surface area contributed by atoms with Crippen LogP contribution < -0.4 is 15.8 Å². The molecule has 1 fully saturated rings. The molecule has 1 saturated carbocycles. The van der Waals surface area contributed by atoms with E-state index in [1.54, 1.807) is 7.11 Å². The molecular formula is C13H18N2O2. The van der Waals surface area contributed by atoms with E-state index in [-0.39, 0.29) is 11.9 Å². The minimum Gasteiger partial charge on any atom is -0.497 e. The lowest BCUT2D eigenvalue weighted by molar-refractivity contribution is -0.123. The highest BCUT2D eigenvalue weighted by atomic mass is 16.5. The Morgan fingerprint density at radius 2 is 2.00 bits per heavy atom. The number of methoxy groups -OCH3 is 1. The first-order valence-corrected chi connectivity index (χ1v) is 5.79. The van der Waals surface area contributed by atoms with Crippen LogP contribution in [0.3, 0.4) is 0 Å². The normalized spacial score (nSPS) is 18.3. The van der Waals surface area contributed by atoms with Gasteiger partial charge in [-0.25, -0.2) is 0 Å². The molecule has 17 heavy (non-hydrogen) atoms. The van der Waals surface area contributed by atoms with Crippen LogP contribution in [0, 0.1) is 0 Å². The van der Waals surface area contributed by atoms with E-state index in [1.165, 1.54) is 0 Å². The summed E-state index contributed by atoms with van der Waals surface area (Å²) in [7, 11) is 1.63. The van der Waals surface area contributed by atoms with Crippen molar-refractivity contribution in [3.63, 3.8) is 0 Å². The number of nitrogens with two attached hydrogens (primary N) is 1. The smallest absolute Gasteiger partial charge is 0.240 e. The van der Waals surface area contributed by atoms with Gasteiger partial charge in [0.25, 0.3) is 0 Å². The van der Waals surface area contributed by atoms with Gasteiger partial charge in [0.2, 0.25) is 5.91 Å². The predicted octanol–water partition coefficient (Wildman–Crippen LogP) is 1.36. The minimum atomic E-state index is -0.610. The Kier molecular flexibility index (Phi) is 3.07. The summed E-state index contributed by atoms with van der Waals surface area (Å²) in [6, 6.07) is 7.62. The quantitative estimate of drug-likeness (QED) is 0.826. The Balaban J connectivity index is 1.99. The van der Waals surface area contributed by atoms with Gasteiger partial charge in [0.05, 0.1) is 18.7 Å². The lowest BCUT2D eigenvalue weighted by atomic mass is 10.1. The lowest BCUT2D eigenvalue weighted by Crippen LogP contribution is -2.43. The van der Waals surface area contributed by atoms with Crippen molar-refractivity contribution in [2.45, 2.75) is 31.3 Å². The molecule has 0 radical (unpaired) electrons. The average Bonchev–Trinajstić information content (AvgIpc) is 3.09. The molecular weight excluding hydrogens is 216 g/mol. The maximum absolute atomic E-state index is 11.8.